The van der Waals surface area contributed by atoms with Crippen LogP contribution in [0.4, 0.5) is 18.9 Å². The summed E-state index contributed by atoms with van der Waals surface area (Å²) in [6.07, 6.45) is -4.62. The van der Waals surface area contributed by atoms with Crippen LogP contribution >= 0.6 is 11.3 Å². The van der Waals surface area contributed by atoms with Gasteiger partial charge in [0.05, 0.1) is 0 Å². The molecule has 22 heavy (non-hydrogen) atoms. The van der Waals surface area contributed by atoms with Gasteiger partial charge in [-0.05, 0) is 12.1 Å². The number of benzene rings is 1. The van der Waals surface area contributed by atoms with E-state index in [1.165, 1.54) is 6.92 Å². The standard InChI is InChI=1S/C12H8F3N5OS/c1-6(21)16-8-4-2-3-7(5-8)9-19-20-10(12(13,14)15)17-18-11(20)22-9/h2-5H,1H3,(H,16,21). The zero-order chi connectivity index (χ0) is 15.9. The minimum atomic E-state index is -4.62. The molecule has 3 rings (SSSR count). The molecule has 1 amide bonds. The smallest absolute Gasteiger partial charge is 0.326 e. The summed E-state index contributed by atoms with van der Waals surface area (Å²) >= 11 is 0.980. The SMILES string of the molecule is CC(=O)Nc1cccc(-c2nn3c(C(F)(F)F)nnc3s2)c1. The second-order valence-corrected chi connectivity index (χ2v) is 5.34. The van der Waals surface area contributed by atoms with Gasteiger partial charge in [0.25, 0.3) is 5.82 Å². The summed E-state index contributed by atoms with van der Waals surface area (Å²) < 4.78 is 39.0. The normalized spacial score (nSPS) is 11.8. The quantitative estimate of drug-likeness (QED) is 0.785. The number of hydrogen-bond donors (Lipinski definition) is 1. The number of fused-ring (bicyclic) bond motifs is 1. The number of aromatic nitrogens is 4. The van der Waals surface area contributed by atoms with Crippen molar-refractivity contribution in [1.29, 1.82) is 0 Å². The van der Waals surface area contributed by atoms with Gasteiger partial charge in [-0.25, -0.2) is 0 Å². The van der Waals surface area contributed by atoms with E-state index in [0.717, 1.165) is 11.3 Å². The average molecular weight is 327 g/mol. The average Bonchev–Trinajstić information content (AvgIpc) is 2.96. The number of halogens is 3. The van der Waals surface area contributed by atoms with Crippen molar-refractivity contribution in [3.05, 3.63) is 30.1 Å². The van der Waals surface area contributed by atoms with E-state index in [1.54, 1.807) is 24.3 Å². The largest absolute Gasteiger partial charge is 0.453 e. The molecular weight excluding hydrogens is 319 g/mol. The summed E-state index contributed by atoms with van der Waals surface area (Å²) in [5, 5.41) is 13.4. The molecule has 1 aromatic carbocycles. The molecule has 0 atom stereocenters. The van der Waals surface area contributed by atoms with Crippen molar-refractivity contribution in [3.63, 3.8) is 0 Å². The molecule has 114 valence electrons. The highest BCUT2D eigenvalue weighted by Crippen LogP contribution is 2.32. The number of nitrogens with one attached hydrogen (secondary N) is 1. The van der Waals surface area contributed by atoms with Crippen LogP contribution in [0.15, 0.2) is 24.3 Å². The number of rotatable bonds is 2. The maximum Gasteiger partial charge on any atom is 0.453 e. The highest BCUT2D eigenvalue weighted by molar-refractivity contribution is 7.19. The van der Waals surface area contributed by atoms with Gasteiger partial charge in [-0.2, -0.15) is 22.8 Å². The second kappa shape index (κ2) is 5.05. The summed E-state index contributed by atoms with van der Waals surface area (Å²) in [5.74, 6) is -1.40. The Hall–Kier alpha value is -2.49. The summed E-state index contributed by atoms with van der Waals surface area (Å²) in [4.78, 5) is 11.1. The van der Waals surface area contributed by atoms with Gasteiger partial charge >= 0.3 is 6.18 Å². The molecule has 0 aliphatic heterocycles. The van der Waals surface area contributed by atoms with Gasteiger partial charge < -0.3 is 5.32 Å². The Bertz CT molecular complexity index is 854. The first-order chi connectivity index (χ1) is 10.3. The fourth-order valence-electron chi connectivity index (χ4n) is 1.84. The van der Waals surface area contributed by atoms with Crippen LogP contribution in [0.5, 0.6) is 0 Å². The van der Waals surface area contributed by atoms with Crippen LogP contribution < -0.4 is 5.32 Å². The minimum Gasteiger partial charge on any atom is -0.326 e. The number of amides is 1. The van der Waals surface area contributed by atoms with E-state index >= 15 is 0 Å². The molecule has 2 aromatic heterocycles. The molecule has 0 unspecified atom stereocenters. The lowest BCUT2D eigenvalue weighted by Gasteiger charge is -2.03. The first-order valence-electron chi connectivity index (χ1n) is 6.02. The Morgan fingerprint density at radius 3 is 2.77 bits per heavy atom. The molecule has 0 fully saturated rings. The molecule has 2 heterocycles. The third-order valence-corrected chi connectivity index (χ3v) is 3.62. The van der Waals surface area contributed by atoms with Gasteiger partial charge in [0, 0.05) is 18.2 Å². The van der Waals surface area contributed by atoms with E-state index in [0.29, 0.717) is 20.8 Å². The van der Waals surface area contributed by atoms with E-state index in [4.69, 9.17) is 0 Å². The highest BCUT2D eigenvalue weighted by Gasteiger charge is 2.38. The van der Waals surface area contributed by atoms with E-state index in [2.05, 4.69) is 20.6 Å². The number of nitrogens with zero attached hydrogens (tertiary/aromatic N) is 4. The van der Waals surface area contributed by atoms with Crippen molar-refractivity contribution >= 4 is 27.9 Å². The van der Waals surface area contributed by atoms with Crippen LogP contribution in [0.25, 0.3) is 15.5 Å². The van der Waals surface area contributed by atoms with Crippen LogP contribution in [0.1, 0.15) is 12.7 Å². The topological polar surface area (TPSA) is 72.2 Å². The molecule has 1 N–H and O–H groups in total. The predicted molar refractivity (Wildman–Crippen MR) is 73.4 cm³/mol. The maximum atomic E-state index is 12.8. The number of carbonyl (C=O) groups excluding carboxylic acids is 1. The Kier molecular flexibility index (Phi) is 3.32. The number of hydrogen-bond acceptors (Lipinski definition) is 5. The van der Waals surface area contributed by atoms with E-state index in [-0.39, 0.29) is 10.9 Å². The lowest BCUT2D eigenvalue weighted by atomic mass is 10.2. The Balaban J connectivity index is 2.04. The molecule has 0 aliphatic carbocycles. The van der Waals surface area contributed by atoms with E-state index in [1.807, 2.05) is 0 Å². The fraction of sp³-hybridized carbons (Fsp3) is 0.167. The zero-order valence-electron chi connectivity index (χ0n) is 11.0. The molecule has 0 saturated heterocycles. The lowest BCUT2D eigenvalue weighted by molar-refractivity contribution is -0.146. The van der Waals surface area contributed by atoms with Gasteiger partial charge in [0.1, 0.15) is 5.01 Å². The van der Waals surface area contributed by atoms with Crippen LogP contribution in [0.3, 0.4) is 0 Å². The van der Waals surface area contributed by atoms with Crippen LogP contribution in [-0.2, 0) is 11.0 Å². The summed E-state index contributed by atoms with van der Waals surface area (Å²) in [6, 6.07) is 6.66. The van der Waals surface area contributed by atoms with Crippen molar-refractivity contribution in [2.75, 3.05) is 5.32 Å². The van der Waals surface area contributed by atoms with Gasteiger partial charge in [-0.15, -0.1) is 10.2 Å². The van der Waals surface area contributed by atoms with Gasteiger partial charge in [0.15, 0.2) is 0 Å². The van der Waals surface area contributed by atoms with Crippen molar-refractivity contribution in [2.24, 2.45) is 0 Å². The Morgan fingerprint density at radius 2 is 2.09 bits per heavy atom. The summed E-state index contributed by atoms with van der Waals surface area (Å²) in [5.41, 5.74) is 1.11. The molecule has 0 spiro atoms. The monoisotopic (exact) mass is 327 g/mol. The predicted octanol–water partition coefficient (Wildman–Crippen LogP) is 2.83. The van der Waals surface area contributed by atoms with Crippen molar-refractivity contribution in [2.45, 2.75) is 13.1 Å². The van der Waals surface area contributed by atoms with Crippen molar-refractivity contribution in [1.82, 2.24) is 19.8 Å². The third-order valence-electron chi connectivity index (χ3n) is 2.67. The molecule has 10 heteroatoms. The van der Waals surface area contributed by atoms with E-state index < -0.39 is 12.0 Å². The minimum absolute atomic E-state index is 0.0484. The first-order valence-corrected chi connectivity index (χ1v) is 6.84. The molecule has 0 radical (unpaired) electrons. The summed E-state index contributed by atoms with van der Waals surface area (Å²) in [7, 11) is 0. The highest BCUT2D eigenvalue weighted by atomic mass is 32.1. The number of alkyl halides is 3. The second-order valence-electron chi connectivity index (χ2n) is 4.38. The maximum absolute atomic E-state index is 12.8. The molecule has 6 nitrogen and oxygen atoms in total. The number of carbonyl (C=O) groups is 1. The van der Waals surface area contributed by atoms with E-state index in [9.17, 15) is 18.0 Å². The molecule has 0 bridgehead atoms. The molecular formula is C12H8F3N5OS. The van der Waals surface area contributed by atoms with Gasteiger partial charge in [-0.1, -0.05) is 23.5 Å². The Labute approximate surface area is 125 Å². The number of anilines is 1. The van der Waals surface area contributed by atoms with Gasteiger partial charge in [-0.3, -0.25) is 4.79 Å². The zero-order valence-corrected chi connectivity index (χ0v) is 11.9. The lowest BCUT2D eigenvalue weighted by Crippen LogP contribution is -2.11. The molecule has 0 saturated carbocycles. The first kappa shape index (κ1) is 14.4. The molecule has 3 aromatic rings. The van der Waals surface area contributed by atoms with Crippen molar-refractivity contribution in [3.8, 4) is 10.6 Å². The van der Waals surface area contributed by atoms with Crippen LogP contribution in [-0.4, -0.2) is 25.7 Å². The van der Waals surface area contributed by atoms with Crippen LogP contribution in [0.2, 0.25) is 0 Å². The van der Waals surface area contributed by atoms with Crippen LogP contribution in [0, 0.1) is 0 Å². The summed E-state index contributed by atoms with van der Waals surface area (Å²) in [6.45, 7) is 1.37. The fourth-order valence-corrected chi connectivity index (χ4v) is 2.68. The van der Waals surface area contributed by atoms with Gasteiger partial charge in [0.2, 0.25) is 10.9 Å². The Morgan fingerprint density at radius 1 is 1.32 bits per heavy atom. The van der Waals surface area contributed by atoms with Crippen molar-refractivity contribution < 1.29 is 18.0 Å². The third kappa shape index (κ3) is 2.64. The molecule has 0 aliphatic rings.